The summed E-state index contributed by atoms with van der Waals surface area (Å²) in [6.07, 6.45) is -7.85. The van der Waals surface area contributed by atoms with Crippen molar-refractivity contribution in [1.82, 2.24) is 9.55 Å². The summed E-state index contributed by atoms with van der Waals surface area (Å²) in [5.41, 5.74) is -0.741. The predicted molar refractivity (Wildman–Crippen MR) is 102 cm³/mol. The summed E-state index contributed by atoms with van der Waals surface area (Å²) in [6, 6.07) is 3.49. The maximum atomic E-state index is 15.4. The van der Waals surface area contributed by atoms with Crippen LogP contribution in [0, 0.1) is 19.7 Å². The van der Waals surface area contributed by atoms with E-state index in [0.29, 0.717) is 11.1 Å². The Hall–Kier alpha value is -2.41. The van der Waals surface area contributed by atoms with Gasteiger partial charge in [-0.2, -0.15) is 4.39 Å². The average Bonchev–Trinajstić information content (AvgIpc) is 2.91. The van der Waals surface area contributed by atoms with Crippen LogP contribution in [0.15, 0.2) is 27.9 Å². The minimum absolute atomic E-state index is 0.0522. The van der Waals surface area contributed by atoms with Crippen molar-refractivity contribution in [2.24, 2.45) is 0 Å². The summed E-state index contributed by atoms with van der Waals surface area (Å²) in [6.45, 7) is 1.98. The summed E-state index contributed by atoms with van der Waals surface area (Å²) in [7, 11) is -4.42. The number of hydrogen-bond donors (Lipinski definition) is 3. The Kier molecular flexibility index (Phi) is 5.27. The van der Waals surface area contributed by atoms with Crippen LogP contribution in [0.1, 0.15) is 24.3 Å². The molecule has 1 aromatic heterocycles. The van der Waals surface area contributed by atoms with Crippen LogP contribution in [-0.2, 0) is 25.0 Å². The van der Waals surface area contributed by atoms with E-state index in [1.54, 1.807) is 19.1 Å². The van der Waals surface area contributed by atoms with Crippen LogP contribution < -0.4 is 15.8 Å². The highest BCUT2D eigenvalue weighted by atomic mass is 31.2. The number of phosphoric ester groups is 1. The number of aromatic nitrogens is 2. The first-order valence-corrected chi connectivity index (χ1v) is 10.7. The zero-order valence-electron chi connectivity index (χ0n) is 17.7. The van der Waals surface area contributed by atoms with E-state index in [1.165, 1.54) is 4.98 Å². The van der Waals surface area contributed by atoms with E-state index in [9.17, 15) is 28.8 Å². The Labute approximate surface area is 180 Å². The third-order valence-electron chi connectivity index (χ3n) is 4.90. The standard InChI is InChI=1S/C18H19F2N2O9P/c1-8-3-9(2)13-10(4-8)6-28-32(27,31-13)29-7-18(20)14(24)12(23)16(30-18)22-5-11(19)15(25)21-17(22)26/h3-5,12,14,16,23-24H,6-7H2,1-2H3,(H,21,25,26)/t12-,14+,16-,18-,32?/m1/s1/i16D. The second-order valence-electron chi connectivity index (χ2n) is 7.38. The summed E-state index contributed by atoms with van der Waals surface area (Å²) in [5.74, 6) is -4.72. The van der Waals surface area contributed by atoms with Crippen LogP contribution >= 0.6 is 7.82 Å². The highest BCUT2D eigenvalue weighted by Gasteiger charge is 2.57. The van der Waals surface area contributed by atoms with Crippen LogP contribution in [0.2, 0.25) is 0 Å². The molecule has 0 radical (unpaired) electrons. The van der Waals surface area contributed by atoms with E-state index in [1.807, 2.05) is 6.92 Å². The molecule has 1 aromatic carbocycles. The molecule has 0 saturated carbocycles. The van der Waals surface area contributed by atoms with Gasteiger partial charge in [0.25, 0.3) is 11.4 Å². The minimum Gasteiger partial charge on any atom is -0.403 e. The lowest BCUT2D eigenvalue weighted by Gasteiger charge is -2.29. The number of H-pyrrole nitrogens is 1. The second kappa shape index (κ2) is 7.87. The molecule has 174 valence electrons. The molecule has 1 unspecified atom stereocenters. The number of nitrogens with zero attached hydrogens (tertiary/aromatic N) is 1. The first kappa shape index (κ1) is 21.4. The molecule has 1 saturated heterocycles. The molecule has 5 atom stereocenters. The van der Waals surface area contributed by atoms with Gasteiger partial charge in [0.2, 0.25) is 5.82 Å². The van der Waals surface area contributed by atoms with Gasteiger partial charge in [-0.05, 0) is 19.4 Å². The normalized spacial score (nSPS) is 34.6. The molecule has 11 nitrogen and oxygen atoms in total. The Balaban J connectivity index is 1.58. The minimum atomic E-state index is -4.42. The van der Waals surface area contributed by atoms with Crippen LogP contribution in [0.5, 0.6) is 5.75 Å². The molecule has 2 aliphatic rings. The number of aryl methyl sites for hydroxylation is 2. The molecule has 1 fully saturated rings. The number of nitrogens with one attached hydrogen (secondary N) is 1. The number of halogens is 2. The van der Waals surface area contributed by atoms with Gasteiger partial charge in [-0.1, -0.05) is 17.7 Å². The van der Waals surface area contributed by atoms with Crippen molar-refractivity contribution in [2.75, 3.05) is 6.61 Å². The molecular formula is C18H19F2N2O9P. The highest BCUT2D eigenvalue weighted by Crippen LogP contribution is 2.56. The maximum absolute atomic E-state index is 15.4. The Bertz CT molecular complexity index is 1290. The first-order chi connectivity index (χ1) is 15.3. The fourth-order valence-electron chi connectivity index (χ4n) is 3.38. The van der Waals surface area contributed by atoms with Gasteiger partial charge >= 0.3 is 13.5 Å². The Morgan fingerprint density at radius 1 is 1.41 bits per heavy atom. The molecule has 2 aromatic rings. The maximum Gasteiger partial charge on any atom is 0.530 e. The first-order valence-electron chi connectivity index (χ1n) is 9.74. The molecule has 0 bridgehead atoms. The van der Waals surface area contributed by atoms with Gasteiger partial charge in [0, 0.05) is 5.56 Å². The number of fused-ring (bicyclic) bond motifs is 1. The van der Waals surface area contributed by atoms with E-state index in [0.717, 1.165) is 5.56 Å². The van der Waals surface area contributed by atoms with E-state index < -0.39 is 55.8 Å². The van der Waals surface area contributed by atoms with Crippen molar-refractivity contribution in [1.29, 1.82) is 0 Å². The topological polar surface area (TPSA) is 149 Å². The number of hydrogen-bond acceptors (Lipinski definition) is 9. The van der Waals surface area contributed by atoms with Crippen molar-refractivity contribution < 1.29 is 43.2 Å². The van der Waals surface area contributed by atoms with Crippen molar-refractivity contribution in [2.45, 2.75) is 44.7 Å². The molecule has 2 aliphatic heterocycles. The van der Waals surface area contributed by atoms with Gasteiger partial charge in [0.15, 0.2) is 6.20 Å². The molecule has 0 amide bonds. The van der Waals surface area contributed by atoms with Gasteiger partial charge in [-0.15, -0.1) is 0 Å². The van der Waals surface area contributed by atoms with Gasteiger partial charge in [0.05, 0.1) is 14.2 Å². The van der Waals surface area contributed by atoms with Crippen molar-refractivity contribution in [3.05, 3.63) is 61.7 Å². The Morgan fingerprint density at radius 2 is 2.12 bits per heavy atom. The Morgan fingerprint density at radius 3 is 2.84 bits per heavy atom. The largest absolute Gasteiger partial charge is 0.530 e. The summed E-state index contributed by atoms with van der Waals surface area (Å²) in [4.78, 5) is 24.7. The van der Waals surface area contributed by atoms with Gasteiger partial charge in [0.1, 0.15) is 24.6 Å². The SMILES string of the molecule is [2H][C@@]1(n2cc(F)c(=O)[nH]c2=O)O[C@](F)(COP2(=O)OCc3cc(C)cc(C)c3O2)[C@@H](O)[C@H]1O. The van der Waals surface area contributed by atoms with E-state index in [-0.39, 0.29) is 23.1 Å². The molecule has 14 heteroatoms. The van der Waals surface area contributed by atoms with E-state index in [2.05, 4.69) is 0 Å². The summed E-state index contributed by atoms with van der Waals surface area (Å²) >= 11 is 0. The number of rotatable bonds is 4. The van der Waals surface area contributed by atoms with Crippen LogP contribution in [0.3, 0.4) is 0 Å². The highest BCUT2D eigenvalue weighted by molar-refractivity contribution is 7.49. The third kappa shape index (κ3) is 3.91. The number of aromatic amines is 1. The average molecular weight is 477 g/mol. The smallest absolute Gasteiger partial charge is 0.403 e. The fraction of sp³-hybridized carbons (Fsp3) is 0.444. The van der Waals surface area contributed by atoms with Crippen molar-refractivity contribution >= 4 is 7.82 Å². The van der Waals surface area contributed by atoms with Crippen molar-refractivity contribution in [3.63, 3.8) is 0 Å². The zero-order chi connectivity index (χ0) is 24.3. The van der Waals surface area contributed by atoms with Crippen LogP contribution in [0.25, 0.3) is 0 Å². The molecule has 32 heavy (non-hydrogen) atoms. The molecule has 4 rings (SSSR count). The molecule has 0 aliphatic carbocycles. The van der Waals surface area contributed by atoms with Gasteiger partial charge < -0.3 is 19.5 Å². The van der Waals surface area contributed by atoms with Gasteiger partial charge in [-0.25, -0.2) is 13.8 Å². The summed E-state index contributed by atoms with van der Waals surface area (Å²) in [5, 5.41) is 20.4. The lowest BCUT2D eigenvalue weighted by atomic mass is 10.1. The predicted octanol–water partition coefficient (Wildman–Crippen LogP) is 0.943. The monoisotopic (exact) mass is 477 g/mol. The number of benzene rings is 1. The number of phosphoric acid groups is 1. The fourth-order valence-corrected chi connectivity index (χ4v) is 4.68. The van der Waals surface area contributed by atoms with E-state index in [4.69, 9.17) is 19.7 Å². The zero-order valence-corrected chi connectivity index (χ0v) is 17.6. The molecule has 0 spiro atoms. The lowest BCUT2D eigenvalue weighted by molar-refractivity contribution is -0.205. The second-order valence-corrected chi connectivity index (χ2v) is 8.97. The number of aliphatic hydroxyl groups excluding tert-OH is 2. The number of aliphatic hydroxyl groups is 2. The molecular weight excluding hydrogens is 457 g/mol. The summed E-state index contributed by atoms with van der Waals surface area (Å²) < 4.78 is 70.3. The molecule has 3 N–H and O–H groups in total. The number of alkyl halides is 1. The number of ether oxygens (including phenoxy) is 1. The van der Waals surface area contributed by atoms with Crippen molar-refractivity contribution in [3.8, 4) is 5.75 Å². The van der Waals surface area contributed by atoms with Crippen LogP contribution in [0.4, 0.5) is 8.78 Å². The van der Waals surface area contributed by atoms with Gasteiger partial charge in [-0.3, -0.25) is 23.4 Å². The van der Waals surface area contributed by atoms with Crippen LogP contribution in [-0.4, -0.2) is 44.4 Å². The molecule has 3 heterocycles. The lowest BCUT2D eigenvalue weighted by Crippen LogP contribution is -2.43. The van der Waals surface area contributed by atoms with E-state index >= 15 is 4.39 Å². The quantitative estimate of drug-likeness (QED) is 0.547. The third-order valence-corrected chi connectivity index (χ3v) is 6.20.